The van der Waals surface area contributed by atoms with Gasteiger partial charge in [-0.15, -0.1) is 0 Å². The highest BCUT2D eigenvalue weighted by Gasteiger charge is 2.36. The number of carbonyl (C=O) groups is 1. The topological polar surface area (TPSA) is 94.6 Å². The fourth-order valence-corrected chi connectivity index (χ4v) is 3.56. The molecule has 0 unspecified atom stereocenters. The van der Waals surface area contributed by atoms with Crippen LogP contribution in [0.1, 0.15) is 11.3 Å². The van der Waals surface area contributed by atoms with E-state index in [4.69, 9.17) is 4.74 Å². The monoisotopic (exact) mass is 357 g/mol. The fourth-order valence-electron chi connectivity index (χ4n) is 3.56. The van der Waals surface area contributed by atoms with Gasteiger partial charge in [-0.25, -0.2) is 4.98 Å². The zero-order chi connectivity index (χ0) is 18.1. The Kier molecular flexibility index (Phi) is 4.60. The average Bonchev–Trinajstić information content (AvgIpc) is 3.15. The number of ether oxygens (including phenoxy) is 1. The minimum atomic E-state index is 0.0483. The maximum absolute atomic E-state index is 12.5. The van der Waals surface area contributed by atoms with Crippen LogP contribution in [-0.2, 0) is 16.1 Å². The number of rotatable bonds is 4. The van der Waals surface area contributed by atoms with Gasteiger partial charge in [0.05, 0.1) is 30.4 Å². The first-order chi connectivity index (χ1) is 12.6. The van der Waals surface area contributed by atoms with Gasteiger partial charge in [-0.05, 0) is 12.5 Å². The SMILES string of the molecule is Cc1ncc(CN2CC(C(=O)N3CCOCC3)C2)c(-c2ncc[nH]2)c1O. The van der Waals surface area contributed by atoms with Crippen molar-refractivity contribution in [3.63, 3.8) is 0 Å². The number of H-pyrrole nitrogens is 1. The fraction of sp³-hybridized carbons (Fsp3) is 0.500. The molecule has 0 radical (unpaired) electrons. The standard InChI is InChI=1S/C18H23N5O3/c1-12-16(24)15(17-19-2-3-20-17)13(8-21-12)9-22-10-14(11-22)18(25)23-4-6-26-7-5-23/h2-3,8,14,24H,4-7,9-11H2,1H3,(H,19,20). The third-order valence-electron chi connectivity index (χ3n) is 5.07. The Labute approximate surface area is 151 Å². The van der Waals surface area contributed by atoms with Crippen molar-refractivity contribution in [2.75, 3.05) is 39.4 Å². The number of aromatic nitrogens is 3. The summed E-state index contributed by atoms with van der Waals surface area (Å²) in [5.74, 6) is 1.05. The molecule has 138 valence electrons. The van der Waals surface area contributed by atoms with Crippen molar-refractivity contribution < 1.29 is 14.6 Å². The molecule has 4 rings (SSSR count). The number of aromatic amines is 1. The Morgan fingerprint density at radius 1 is 1.35 bits per heavy atom. The Hall–Kier alpha value is -2.45. The van der Waals surface area contributed by atoms with Crippen LogP contribution < -0.4 is 0 Å². The van der Waals surface area contributed by atoms with E-state index in [9.17, 15) is 9.90 Å². The van der Waals surface area contributed by atoms with Crippen molar-refractivity contribution in [1.29, 1.82) is 0 Å². The Balaban J connectivity index is 1.43. The van der Waals surface area contributed by atoms with Gasteiger partial charge >= 0.3 is 0 Å². The minimum Gasteiger partial charge on any atom is -0.505 e. The molecule has 0 aliphatic carbocycles. The van der Waals surface area contributed by atoms with Crippen molar-refractivity contribution >= 4 is 5.91 Å². The molecule has 1 amide bonds. The van der Waals surface area contributed by atoms with Crippen LogP contribution in [0.3, 0.4) is 0 Å². The van der Waals surface area contributed by atoms with Gasteiger partial charge in [0, 0.05) is 51.3 Å². The van der Waals surface area contributed by atoms with Gasteiger partial charge in [-0.2, -0.15) is 0 Å². The second kappa shape index (κ2) is 7.05. The number of morpholine rings is 1. The highest BCUT2D eigenvalue weighted by atomic mass is 16.5. The van der Waals surface area contributed by atoms with Crippen molar-refractivity contribution in [1.82, 2.24) is 24.8 Å². The molecule has 4 heterocycles. The number of aromatic hydroxyl groups is 1. The number of imidazole rings is 1. The van der Waals surface area contributed by atoms with Crippen LogP contribution in [0.2, 0.25) is 0 Å². The summed E-state index contributed by atoms with van der Waals surface area (Å²) in [5.41, 5.74) is 2.16. The Bertz CT molecular complexity index is 780. The third kappa shape index (κ3) is 3.17. The second-order valence-electron chi connectivity index (χ2n) is 6.86. The Morgan fingerprint density at radius 3 is 2.81 bits per heavy atom. The van der Waals surface area contributed by atoms with E-state index in [2.05, 4.69) is 19.9 Å². The number of hydrogen-bond acceptors (Lipinski definition) is 6. The van der Waals surface area contributed by atoms with E-state index < -0.39 is 0 Å². The molecule has 2 aromatic heterocycles. The lowest BCUT2D eigenvalue weighted by Gasteiger charge is -2.41. The predicted octanol–water partition coefficient (Wildman–Crippen LogP) is 0.776. The molecule has 2 aliphatic rings. The molecule has 0 bridgehead atoms. The summed E-state index contributed by atoms with van der Waals surface area (Å²) in [4.78, 5) is 28.2. The first-order valence-corrected chi connectivity index (χ1v) is 8.89. The maximum atomic E-state index is 12.5. The molecule has 2 saturated heterocycles. The zero-order valence-electron chi connectivity index (χ0n) is 14.8. The van der Waals surface area contributed by atoms with E-state index in [0.29, 0.717) is 49.9 Å². The molecule has 8 nitrogen and oxygen atoms in total. The summed E-state index contributed by atoms with van der Waals surface area (Å²) in [6, 6.07) is 0. The van der Waals surface area contributed by atoms with Gasteiger partial charge in [0.2, 0.25) is 5.91 Å². The first kappa shape index (κ1) is 17.0. The molecule has 2 fully saturated rings. The summed E-state index contributed by atoms with van der Waals surface area (Å²) in [7, 11) is 0. The maximum Gasteiger partial charge on any atom is 0.228 e. The minimum absolute atomic E-state index is 0.0483. The van der Waals surface area contributed by atoms with Crippen LogP contribution in [0.15, 0.2) is 18.6 Å². The molecule has 0 atom stereocenters. The molecule has 0 aromatic carbocycles. The van der Waals surface area contributed by atoms with Gasteiger partial charge in [0.1, 0.15) is 11.6 Å². The van der Waals surface area contributed by atoms with Crippen LogP contribution in [-0.4, -0.2) is 75.2 Å². The quantitative estimate of drug-likeness (QED) is 0.840. The largest absolute Gasteiger partial charge is 0.505 e. The summed E-state index contributed by atoms with van der Waals surface area (Å²) < 4.78 is 5.31. The molecule has 0 saturated carbocycles. The van der Waals surface area contributed by atoms with Crippen LogP contribution in [0, 0.1) is 12.8 Å². The molecular weight excluding hydrogens is 334 g/mol. The highest BCUT2D eigenvalue weighted by Crippen LogP contribution is 2.34. The van der Waals surface area contributed by atoms with E-state index in [1.54, 1.807) is 25.5 Å². The summed E-state index contributed by atoms with van der Waals surface area (Å²) in [6.45, 7) is 6.48. The van der Waals surface area contributed by atoms with Crippen molar-refractivity contribution in [3.05, 3.63) is 29.8 Å². The van der Waals surface area contributed by atoms with Crippen molar-refractivity contribution in [3.8, 4) is 17.1 Å². The lowest BCUT2D eigenvalue weighted by molar-refractivity contribution is -0.145. The highest BCUT2D eigenvalue weighted by molar-refractivity contribution is 5.80. The van der Waals surface area contributed by atoms with E-state index >= 15 is 0 Å². The zero-order valence-corrected chi connectivity index (χ0v) is 14.8. The lowest BCUT2D eigenvalue weighted by atomic mass is 9.96. The van der Waals surface area contributed by atoms with Crippen LogP contribution >= 0.6 is 0 Å². The van der Waals surface area contributed by atoms with Crippen molar-refractivity contribution in [2.24, 2.45) is 5.92 Å². The number of nitrogens with one attached hydrogen (secondary N) is 1. The molecule has 2 aromatic rings. The van der Waals surface area contributed by atoms with E-state index in [0.717, 1.165) is 18.7 Å². The second-order valence-corrected chi connectivity index (χ2v) is 6.86. The van der Waals surface area contributed by atoms with E-state index in [1.807, 2.05) is 4.90 Å². The van der Waals surface area contributed by atoms with Gasteiger partial charge in [-0.3, -0.25) is 14.7 Å². The predicted molar refractivity (Wildman–Crippen MR) is 94.4 cm³/mol. The van der Waals surface area contributed by atoms with E-state index in [-0.39, 0.29) is 17.6 Å². The normalized spacial score (nSPS) is 18.7. The molecule has 2 N–H and O–H groups in total. The number of nitrogens with zero attached hydrogens (tertiary/aromatic N) is 4. The van der Waals surface area contributed by atoms with Gasteiger partial charge in [0.25, 0.3) is 0 Å². The van der Waals surface area contributed by atoms with Crippen molar-refractivity contribution in [2.45, 2.75) is 13.5 Å². The molecule has 2 aliphatic heterocycles. The van der Waals surface area contributed by atoms with Crippen LogP contribution in [0.25, 0.3) is 11.4 Å². The summed E-state index contributed by atoms with van der Waals surface area (Å²) in [5, 5.41) is 10.5. The average molecular weight is 357 g/mol. The van der Waals surface area contributed by atoms with Gasteiger partial charge < -0.3 is 19.7 Å². The van der Waals surface area contributed by atoms with E-state index in [1.165, 1.54) is 0 Å². The first-order valence-electron chi connectivity index (χ1n) is 8.89. The molecule has 8 heteroatoms. The number of aryl methyl sites for hydroxylation is 1. The van der Waals surface area contributed by atoms with Crippen LogP contribution in [0.4, 0.5) is 0 Å². The summed E-state index contributed by atoms with van der Waals surface area (Å²) in [6.07, 6.45) is 5.17. The number of hydrogen-bond donors (Lipinski definition) is 2. The molecule has 26 heavy (non-hydrogen) atoms. The third-order valence-corrected chi connectivity index (χ3v) is 5.07. The number of amides is 1. The van der Waals surface area contributed by atoms with Crippen LogP contribution in [0.5, 0.6) is 5.75 Å². The number of likely N-dealkylation sites (tertiary alicyclic amines) is 1. The smallest absolute Gasteiger partial charge is 0.228 e. The lowest BCUT2D eigenvalue weighted by Crippen LogP contribution is -2.55. The van der Waals surface area contributed by atoms with Gasteiger partial charge in [0.15, 0.2) is 0 Å². The molecular formula is C18H23N5O3. The summed E-state index contributed by atoms with van der Waals surface area (Å²) >= 11 is 0. The van der Waals surface area contributed by atoms with Gasteiger partial charge in [-0.1, -0.05) is 0 Å². The molecule has 0 spiro atoms. The number of pyridine rings is 1. The number of carbonyl (C=O) groups excluding carboxylic acids is 1. The Morgan fingerprint density at radius 2 is 2.12 bits per heavy atom.